The number of thiophene rings is 1. The maximum Gasteiger partial charge on any atom is 0.129 e. The Morgan fingerprint density at radius 2 is 2.08 bits per heavy atom. The van der Waals surface area contributed by atoms with Crippen LogP contribution < -0.4 is 10.1 Å². The summed E-state index contributed by atoms with van der Waals surface area (Å²) in [5.74, 6) is 0.949. The van der Waals surface area contributed by atoms with Crippen molar-refractivity contribution in [3.05, 3.63) is 16.8 Å². The van der Waals surface area contributed by atoms with Gasteiger partial charge in [0.2, 0.25) is 0 Å². The molecule has 1 aromatic heterocycles. The third kappa shape index (κ3) is 4.90. The molecule has 1 aliphatic heterocycles. The van der Waals surface area contributed by atoms with E-state index in [9.17, 15) is 0 Å². The zero-order valence-electron chi connectivity index (χ0n) is 8.08. The molecule has 0 radical (unpaired) electrons. The van der Waals surface area contributed by atoms with Crippen LogP contribution in [0, 0.1) is 0 Å². The molecule has 2 nitrogen and oxygen atoms in total. The van der Waals surface area contributed by atoms with Gasteiger partial charge in [-0.05, 0) is 37.4 Å². The highest BCUT2D eigenvalue weighted by molar-refractivity contribution is 7.08. The van der Waals surface area contributed by atoms with Gasteiger partial charge in [0.05, 0.1) is 7.11 Å². The van der Waals surface area contributed by atoms with E-state index in [0.717, 1.165) is 5.75 Å². The van der Waals surface area contributed by atoms with Crippen molar-refractivity contribution in [2.24, 2.45) is 0 Å². The van der Waals surface area contributed by atoms with Gasteiger partial charge >= 0.3 is 0 Å². The molecular formula is C10H17NOS. The third-order valence-corrected chi connectivity index (χ3v) is 2.60. The highest BCUT2D eigenvalue weighted by atomic mass is 32.1. The average Bonchev–Trinajstić information content (AvgIpc) is 2.74. The molecule has 74 valence electrons. The molecule has 0 spiro atoms. The number of rotatable bonds is 1. The fraction of sp³-hybridized carbons (Fsp3) is 0.600. The second kappa shape index (κ2) is 6.92. The second-order valence-electron chi connectivity index (χ2n) is 2.97. The minimum atomic E-state index is 0.949. The normalized spacial score (nSPS) is 15.8. The van der Waals surface area contributed by atoms with Gasteiger partial charge in [-0.1, -0.05) is 6.42 Å². The molecule has 0 saturated carbocycles. The first kappa shape index (κ1) is 10.5. The van der Waals surface area contributed by atoms with Crippen LogP contribution in [-0.2, 0) is 0 Å². The molecule has 0 aliphatic carbocycles. The van der Waals surface area contributed by atoms with E-state index in [4.69, 9.17) is 4.74 Å². The van der Waals surface area contributed by atoms with Crippen molar-refractivity contribution >= 4 is 11.3 Å². The smallest absolute Gasteiger partial charge is 0.129 e. The fourth-order valence-electron chi connectivity index (χ4n) is 1.17. The summed E-state index contributed by atoms with van der Waals surface area (Å²) < 4.78 is 4.86. The van der Waals surface area contributed by atoms with Gasteiger partial charge in [-0.2, -0.15) is 0 Å². The van der Waals surface area contributed by atoms with Crippen molar-refractivity contribution in [1.82, 2.24) is 5.32 Å². The van der Waals surface area contributed by atoms with Crippen molar-refractivity contribution in [3.8, 4) is 5.75 Å². The maximum absolute atomic E-state index is 4.86. The molecule has 0 aromatic carbocycles. The molecule has 1 saturated heterocycles. The van der Waals surface area contributed by atoms with Crippen LogP contribution in [-0.4, -0.2) is 20.2 Å². The lowest BCUT2D eigenvalue weighted by Crippen LogP contribution is -2.21. The number of nitrogens with one attached hydrogen (secondary N) is 1. The molecule has 0 unspecified atom stereocenters. The Kier molecular flexibility index (Phi) is 5.61. The average molecular weight is 199 g/mol. The van der Waals surface area contributed by atoms with Crippen LogP contribution in [0.4, 0.5) is 0 Å². The van der Waals surface area contributed by atoms with E-state index in [0.29, 0.717) is 0 Å². The standard InChI is InChI=1S/C5H11N.C5H6OS/c1-2-4-6-5-3-1;1-6-5-2-3-7-4-5/h6H,1-5H2;2-4H,1H3. The van der Waals surface area contributed by atoms with Crippen LogP contribution in [0.2, 0.25) is 0 Å². The number of hydrogen-bond donors (Lipinski definition) is 1. The van der Waals surface area contributed by atoms with Crippen molar-refractivity contribution in [2.45, 2.75) is 19.3 Å². The summed E-state index contributed by atoms with van der Waals surface area (Å²) in [5.41, 5.74) is 0. The molecule has 1 aliphatic rings. The lowest BCUT2D eigenvalue weighted by molar-refractivity contribution is 0.417. The summed E-state index contributed by atoms with van der Waals surface area (Å²) in [7, 11) is 1.67. The van der Waals surface area contributed by atoms with E-state index >= 15 is 0 Å². The monoisotopic (exact) mass is 199 g/mol. The van der Waals surface area contributed by atoms with Crippen LogP contribution in [0.3, 0.4) is 0 Å². The van der Waals surface area contributed by atoms with Crippen molar-refractivity contribution in [2.75, 3.05) is 20.2 Å². The molecular weight excluding hydrogens is 182 g/mol. The summed E-state index contributed by atoms with van der Waals surface area (Å²) in [4.78, 5) is 0. The van der Waals surface area contributed by atoms with Crippen LogP contribution in [0.15, 0.2) is 16.8 Å². The Labute approximate surface area is 83.9 Å². The van der Waals surface area contributed by atoms with Crippen LogP contribution in [0.25, 0.3) is 0 Å². The van der Waals surface area contributed by atoms with E-state index in [-0.39, 0.29) is 0 Å². The highest BCUT2D eigenvalue weighted by Gasteiger charge is 1.93. The summed E-state index contributed by atoms with van der Waals surface area (Å²) in [6.45, 7) is 2.50. The minimum Gasteiger partial charge on any atom is -0.496 e. The number of piperidine rings is 1. The summed E-state index contributed by atoms with van der Waals surface area (Å²) in [5, 5.41) is 7.23. The van der Waals surface area contributed by atoms with Gasteiger partial charge in [-0.3, -0.25) is 0 Å². The molecule has 0 amide bonds. The molecule has 0 bridgehead atoms. The van der Waals surface area contributed by atoms with Gasteiger partial charge in [0.15, 0.2) is 0 Å². The van der Waals surface area contributed by atoms with Crippen molar-refractivity contribution in [3.63, 3.8) is 0 Å². The Balaban J connectivity index is 0.000000132. The molecule has 0 atom stereocenters. The topological polar surface area (TPSA) is 21.3 Å². The van der Waals surface area contributed by atoms with E-state index in [1.165, 1.54) is 32.4 Å². The third-order valence-electron chi connectivity index (χ3n) is 1.94. The SMILES string of the molecule is C1CCNCC1.COc1ccsc1. The molecule has 2 rings (SSSR count). The zero-order valence-corrected chi connectivity index (χ0v) is 8.90. The summed E-state index contributed by atoms with van der Waals surface area (Å²) >= 11 is 1.64. The van der Waals surface area contributed by atoms with E-state index in [1.807, 2.05) is 16.8 Å². The molecule has 3 heteroatoms. The lowest BCUT2D eigenvalue weighted by Gasteiger charge is -2.08. The molecule has 13 heavy (non-hydrogen) atoms. The van der Waals surface area contributed by atoms with Crippen LogP contribution in [0.1, 0.15) is 19.3 Å². The zero-order chi connectivity index (χ0) is 9.36. The van der Waals surface area contributed by atoms with E-state index in [2.05, 4.69) is 5.32 Å². The molecule has 2 heterocycles. The van der Waals surface area contributed by atoms with E-state index in [1.54, 1.807) is 18.4 Å². The van der Waals surface area contributed by atoms with Crippen molar-refractivity contribution in [1.29, 1.82) is 0 Å². The van der Waals surface area contributed by atoms with Crippen LogP contribution in [0.5, 0.6) is 5.75 Å². The van der Waals surface area contributed by atoms with Gasteiger partial charge in [-0.15, -0.1) is 11.3 Å². The molecule has 1 N–H and O–H groups in total. The van der Waals surface area contributed by atoms with Crippen LogP contribution >= 0.6 is 11.3 Å². The number of ether oxygens (including phenoxy) is 1. The van der Waals surface area contributed by atoms with Gasteiger partial charge < -0.3 is 10.1 Å². The fourth-order valence-corrected chi connectivity index (χ4v) is 1.77. The van der Waals surface area contributed by atoms with Crippen molar-refractivity contribution < 1.29 is 4.74 Å². The first-order valence-electron chi connectivity index (χ1n) is 4.70. The predicted molar refractivity (Wildman–Crippen MR) is 57.6 cm³/mol. The summed E-state index contributed by atoms with van der Waals surface area (Å²) in [6.07, 6.45) is 4.22. The lowest BCUT2D eigenvalue weighted by atomic mass is 10.2. The van der Waals surface area contributed by atoms with Gasteiger partial charge in [0.25, 0.3) is 0 Å². The Morgan fingerprint density at radius 3 is 2.31 bits per heavy atom. The molecule has 1 aromatic rings. The largest absolute Gasteiger partial charge is 0.496 e. The first-order chi connectivity index (χ1) is 6.43. The van der Waals surface area contributed by atoms with Gasteiger partial charge in [0.1, 0.15) is 5.75 Å². The first-order valence-corrected chi connectivity index (χ1v) is 5.64. The number of methoxy groups -OCH3 is 1. The Hall–Kier alpha value is -0.540. The highest BCUT2D eigenvalue weighted by Crippen LogP contribution is 2.12. The Morgan fingerprint density at radius 1 is 1.31 bits per heavy atom. The summed E-state index contributed by atoms with van der Waals surface area (Å²) in [6, 6.07) is 1.94. The predicted octanol–water partition coefficient (Wildman–Crippen LogP) is 2.52. The minimum absolute atomic E-state index is 0.949. The van der Waals surface area contributed by atoms with E-state index < -0.39 is 0 Å². The Bertz CT molecular complexity index is 183. The quantitative estimate of drug-likeness (QED) is 0.750. The molecule has 1 fully saturated rings. The van der Waals surface area contributed by atoms with Gasteiger partial charge in [-0.25, -0.2) is 0 Å². The maximum atomic E-state index is 4.86. The number of hydrogen-bond acceptors (Lipinski definition) is 3. The second-order valence-corrected chi connectivity index (χ2v) is 3.75. The van der Waals surface area contributed by atoms with Gasteiger partial charge in [0, 0.05) is 5.38 Å².